The largest absolute Gasteiger partial charge is 0.460 e. The molecule has 0 spiro atoms. The van der Waals surface area contributed by atoms with E-state index in [4.69, 9.17) is 24.1 Å². The number of hydrogen-bond donors (Lipinski definition) is 2. The summed E-state index contributed by atoms with van der Waals surface area (Å²) in [7, 11) is 0. The van der Waals surface area contributed by atoms with Gasteiger partial charge in [0.1, 0.15) is 12.2 Å². The summed E-state index contributed by atoms with van der Waals surface area (Å²) < 4.78 is 21.3. The molecule has 1 amide bonds. The van der Waals surface area contributed by atoms with Crippen LogP contribution in [0.15, 0.2) is 30.3 Å². The molecule has 1 aromatic carbocycles. The number of benzene rings is 1. The van der Waals surface area contributed by atoms with Crippen molar-refractivity contribution in [2.45, 2.75) is 33.0 Å². The van der Waals surface area contributed by atoms with Gasteiger partial charge in [-0.3, -0.25) is 9.69 Å². The molecule has 176 valence electrons. The first-order valence-electron chi connectivity index (χ1n) is 10.5. The minimum Gasteiger partial charge on any atom is -0.460 e. The van der Waals surface area contributed by atoms with Crippen LogP contribution in [0.1, 0.15) is 26.3 Å². The van der Waals surface area contributed by atoms with Gasteiger partial charge in [-0.25, -0.2) is 4.79 Å². The second-order valence-electron chi connectivity index (χ2n) is 7.80. The van der Waals surface area contributed by atoms with Gasteiger partial charge in [-0.1, -0.05) is 30.3 Å². The number of aliphatic hydroxyl groups excluding tert-OH is 1. The highest BCUT2D eigenvalue weighted by Crippen LogP contribution is 2.06. The van der Waals surface area contributed by atoms with Crippen molar-refractivity contribution in [3.63, 3.8) is 0 Å². The maximum Gasteiger partial charge on any atom is 0.407 e. The summed E-state index contributed by atoms with van der Waals surface area (Å²) in [4.78, 5) is 25.6. The number of hydrogen-bond acceptors (Lipinski definition) is 8. The minimum atomic E-state index is -0.543. The molecule has 0 saturated carbocycles. The summed E-state index contributed by atoms with van der Waals surface area (Å²) in [6.07, 6.45) is -0.486. The van der Waals surface area contributed by atoms with E-state index in [-0.39, 0.29) is 32.3 Å². The highest BCUT2D eigenvalue weighted by atomic mass is 16.6. The SMILES string of the molecule is CC(C)(C)OC(=O)NCCOCCN(CCOCCO)CC(=O)OCc1ccccc1. The van der Waals surface area contributed by atoms with Crippen LogP contribution in [0.25, 0.3) is 0 Å². The van der Waals surface area contributed by atoms with Crippen LogP contribution in [0.5, 0.6) is 0 Å². The van der Waals surface area contributed by atoms with Crippen LogP contribution in [0, 0.1) is 0 Å². The van der Waals surface area contributed by atoms with Crippen LogP contribution in [-0.4, -0.2) is 86.9 Å². The molecule has 0 heterocycles. The van der Waals surface area contributed by atoms with Gasteiger partial charge in [-0.2, -0.15) is 0 Å². The van der Waals surface area contributed by atoms with Crippen LogP contribution in [0.2, 0.25) is 0 Å². The van der Waals surface area contributed by atoms with E-state index in [1.165, 1.54) is 0 Å². The summed E-state index contributed by atoms with van der Waals surface area (Å²) in [6, 6.07) is 9.48. The van der Waals surface area contributed by atoms with E-state index in [0.29, 0.717) is 39.5 Å². The van der Waals surface area contributed by atoms with E-state index in [1.807, 2.05) is 35.2 Å². The normalized spacial score (nSPS) is 11.4. The highest BCUT2D eigenvalue weighted by molar-refractivity contribution is 5.71. The molecular weight excluding hydrogens is 404 g/mol. The average molecular weight is 441 g/mol. The van der Waals surface area contributed by atoms with Gasteiger partial charge in [0.15, 0.2) is 0 Å². The van der Waals surface area contributed by atoms with E-state index in [9.17, 15) is 9.59 Å². The lowest BCUT2D eigenvalue weighted by Gasteiger charge is -2.21. The second-order valence-corrected chi connectivity index (χ2v) is 7.80. The van der Waals surface area contributed by atoms with Crippen LogP contribution >= 0.6 is 0 Å². The topological polar surface area (TPSA) is 107 Å². The summed E-state index contributed by atoms with van der Waals surface area (Å²) >= 11 is 0. The Bertz CT molecular complexity index is 620. The standard InChI is InChI=1S/C22H36N2O7/c1-22(2,3)31-21(27)23-9-13-28-14-10-24(11-15-29-16-12-25)17-20(26)30-18-19-7-5-4-6-8-19/h4-8,25H,9-18H2,1-3H3,(H,23,27). The zero-order valence-electron chi connectivity index (χ0n) is 18.8. The van der Waals surface area contributed by atoms with Gasteiger partial charge in [-0.05, 0) is 26.3 Å². The summed E-state index contributed by atoms with van der Waals surface area (Å²) in [5, 5.41) is 11.4. The molecule has 0 saturated heterocycles. The molecule has 0 aliphatic heterocycles. The van der Waals surface area contributed by atoms with E-state index >= 15 is 0 Å². The van der Waals surface area contributed by atoms with Gasteiger partial charge < -0.3 is 29.4 Å². The lowest BCUT2D eigenvalue weighted by molar-refractivity contribution is -0.146. The van der Waals surface area contributed by atoms with Crippen LogP contribution in [0.4, 0.5) is 4.79 Å². The summed E-state index contributed by atoms with van der Waals surface area (Å²) in [5.41, 5.74) is 0.382. The lowest BCUT2D eigenvalue weighted by Crippen LogP contribution is -2.37. The van der Waals surface area contributed by atoms with Crippen molar-refractivity contribution in [3.8, 4) is 0 Å². The van der Waals surface area contributed by atoms with Crippen molar-refractivity contribution in [2.24, 2.45) is 0 Å². The van der Waals surface area contributed by atoms with E-state index in [1.54, 1.807) is 20.8 Å². The molecule has 0 bridgehead atoms. The van der Waals surface area contributed by atoms with Crippen LogP contribution < -0.4 is 5.32 Å². The van der Waals surface area contributed by atoms with Crippen LogP contribution in [-0.2, 0) is 30.3 Å². The number of amides is 1. The summed E-state index contributed by atoms with van der Waals surface area (Å²) in [5.74, 6) is -0.336. The fraction of sp³-hybridized carbons (Fsp3) is 0.636. The lowest BCUT2D eigenvalue weighted by atomic mass is 10.2. The van der Waals surface area contributed by atoms with Crippen molar-refractivity contribution >= 4 is 12.1 Å². The molecule has 0 aromatic heterocycles. The second kappa shape index (κ2) is 15.6. The Labute approximate surface area is 184 Å². The third-order valence-corrected chi connectivity index (χ3v) is 3.85. The number of ether oxygens (including phenoxy) is 4. The first-order chi connectivity index (χ1) is 14.8. The molecule has 9 nitrogen and oxygen atoms in total. The number of rotatable bonds is 15. The number of carbonyl (C=O) groups is 2. The molecule has 1 aromatic rings. The molecule has 2 N–H and O–H groups in total. The molecule has 0 aliphatic rings. The van der Waals surface area contributed by atoms with E-state index in [2.05, 4.69) is 5.32 Å². The monoisotopic (exact) mass is 440 g/mol. The van der Waals surface area contributed by atoms with Crippen molar-refractivity contribution in [1.29, 1.82) is 0 Å². The quantitative estimate of drug-likeness (QED) is 0.313. The van der Waals surface area contributed by atoms with Gasteiger partial charge in [0.25, 0.3) is 0 Å². The Kier molecular flexibility index (Phi) is 13.5. The van der Waals surface area contributed by atoms with Gasteiger partial charge in [0, 0.05) is 19.6 Å². The Morgan fingerprint density at radius 3 is 2.26 bits per heavy atom. The number of nitrogens with zero attached hydrogens (tertiary/aromatic N) is 1. The molecule has 1 rings (SSSR count). The number of nitrogens with one attached hydrogen (secondary N) is 1. The van der Waals surface area contributed by atoms with Gasteiger partial charge in [0.05, 0.1) is 39.6 Å². The third kappa shape index (κ3) is 15.3. The first kappa shape index (κ1) is 26.8. The Balaban J connectivity index is 2.29. The molecule has 0 aliphatic carbocycles. The molecule has 31 heavy (non-hydrogen) atoms. The Hall–Kier alpha value is -2.20. The van der Waals surface area contributed by atoms with Crippen molar-refractivity contribution < 1.29 is 33.6 Å². The Morgan fingerprint density at radius 1 is 1.00 bits per heavy atom. The zero-order valence-corrected chi connectivity index (χ0v) is 18.8. The molecular formula is C22H36N2O7. The molecule has 0 fully saturated rings. The van der Waals surface area contributed by atoms with Gasteiger partial charge in [0.2, 0.25) is 0 Å². The maximum atomic E-state index is 12.2. The Morgan fingerprint density at radius 2 is 1.65 bits per heavy atom. The molecule has 0 radical (unpaired) electrons. The number of carbonyl (C=O) groups excluding carboxylic acids is 2. The predicted molar refractivity (Wildman–Crippen MR) is 116 cm³/mol. The van der Waals surface area contributed by atoms with Crippen molar-refractivity contribution in [3.05, 3.63) is 35.9 Å². The molecule has 9 heteroatoms. The van der Waals surface area contributed by atoms with Crippen molar-refractivity contribution in [1.82, 2.24) is 10.2 Å². The number of alkyl carbamates (subject to hydrolysis) is 1. The average Bonchev–Trinajstić information content (AvgIpc) is 2.71. The fourth-order valence-corrected chi connectivity index (χ4v) is 2.43. The van der Waals surface area contributed by atoms with E-state index in [0.717, 1.165) is 5.56 Å². The zero-order chi connectivity index (χ0) is 23.0. The predicted octanol–water partition coefficient (Wildman–Crippen LogP) is 1.58. The third-order valence-electron chi connectivity index (χ3n) is 3.85. The number of aliphatic hydroxyl groups is 1. The molecule has 0 unspecified atom stereocenters. The summed E-state index contributed by atoms with van der Waals surface area (Å²) in [6.45, 7) is 8.33. The number of esters is 1. The fourth-order valence-electron chi connectivity index (χ4n) is 2.43. The van der Waals surface area contributed by atoms with Crippen molar-refractivity contribution in [2.75, 3.05) is 59.2 Å². The minimum absolute atomic E-state index is 0.0487. The van der Waals surface area contributed by atoms with Gasteiger partial charge in [-0.15, -0.1) is 0 Å². The van der Waals surface area contributed by atoms with Gasteiger partial charge >= 0.3 is 12.1 Å². The molecule has 0 atom stereocenters. The first-order valence-corrected chi connectivity index (χ1v) is 10.5. The van der Waals surface area contributed by atoms with Crippen LogP contribution in [0.3, 0.4) is 0 Å². The van der Waals surface area contributed by atoms with E-state index < -0.39 is 11.7 Å². The smallest absolute Gasteiger partial charge is 0.407 e. The maximum absolute atomic E-state index is 12.2. The highest BCUT2D eigenvalue weighted by Gasteiger charge is 2.15.